The molecule has 1 aromatic carbocycles. The molecule has 0 aliphatic carbocycles. The maximum atomic E-state index is 11.9. The number of hydrogen-bond acceptors (Lipinski definition) is 8. The molecule has 8 nitrogen and oxygen atoms in total. The molecule has 116 valence electrons. The number of anilines is 1. The number of aliphatic hydroxyl groups is 5. The molecule has 0 saturated heterocycles. The zero-order valence-corrected chi connectivity index (χ0v) is 11.0. The van der Waals surface area contributed by atoms with E-state index >= 15 is 0 Å². The highest BCUT2D eigenvalue weighted by atomic mass is 16.4. The Morgan fingerprint density at radius 2 is 1.62 bits per heavy atom. The number of para-hydroxylation sites is 1. The summed E-state index contributed by atoms with van der Waals surface area (Å²) in [6, 6.07) is 5.66. The Morgan fingerprint density at radius 1 is 1.05 bits per heavy atom. The zero-order chi connectivity index (χ0) is 16.2. The summed E-state index contributed by atoms with van der Waals surface area (Å²) >= 11 is 0. The van der Waals surface area contributed by atoms with E-state index in [-0.39, 0.29) is 11.3 Å². The molecule has 21 heavy (non-hydrogen) atoms. The summed E-state index contributed by atoms with van der Waals surface area (Å²) in [5, 5.41) is 46.3. The van der Waals surface area contributed by atoms with Crippen molar-refractivity contribution in [1.29, 1.82) is 0 Å². The van der Waals surface area contributed by atoms with Crippen LogP contribution < -0.4 is 5.73 Å². The molecule has 0 aromatic heterocycles. The summed E-state index contributed by atoms with van der Waals surface area (Å²) in [7, 11) is 0. The molecule has 1 rings (SSSR count). The second-order valence-corrected chi connectivity index (χ2v) is 4.46. The van der Waals surface area contributed by atoms with Gasteiger partial charge in [0.2, 0.25) is 11.6 Å². The standard InChI is InChI=1S/C13H17NO7/c14-7-4-2-1-3-6(7)9(17)11(19)13(21)12(20)10(18)8(16)5-15/h1-4,8,10,12-13,15-16,18,20-21H,5,14H2/t8-,10-,12+,13+/m1/s1. The lowest BCUT2D eigenvalue weighted by molar-refractivity contribution is -0.142. The van der Waals surface area contributed by atoms with E-state index in [1.807, 2.05) is 0 Å². The summed E-state index contributed by atoms with van der Waals surface area (Å²) in [4.78, 5) is 23.7. The molecule has 7 N–H and O–H groups in total. The number of rotatable bonds is 7. The molecule has 0 saturated carbocycles. The van der Waals surface area contributed by atoms with Crippen molar-refractivity contribution in [2.45, 2.75) is 24.4 Å². The van der Waals surface area contributed by atoms with Gasteiger partial charge in [0, 0.05) is 11.3 Å². The fraction of sp³-hybridized carbons (Fsp3) is 0.385. The second-order valence-electron chi connectivity index (χ2n) is 4.46. The Labute approximate surface area is 120 Å². The van der Waals surface area contributed by atoms with Crippen molar-refractivity contribution in [2.24, 2.45) is 0 Å². The first-order valence-corrected chi connectivity index (χ1v) is 6.07. The summed E-state index contributed by atoms with van der Waals surface area (Å²) in [5.74, 6) is -2.52. The summed E-state index contributed by atoms with van der Waals surface area (Å²) in [5.41, 5.74) is 5.40. The summed E-state index contributed by atoms with van der Waals surface area (Å²) in [6.07, 6.45) is -8.14. The molecule has 1 aromatic rings. The number of carbonyl (C=O) groups excluding carboxylic acids is 2. The van der Waals surface area contributed by atoms with Crippen molar-refractivity contribution >= 4 is 17.3 Å². The van der Waals surface area contributed by atoms with Crippen LogP contribution in [0.5, 0.6) is 0 Å². The van der Waals surface area contributed by atoms with Crippen molar-refractivity contribution in [3.8, 4) is 0 Å². The van der Waals surface area contributed by atoms with Crippen molar-refractivity contribution < 1.29 is 35.1 Å². The van der Waals surface area contributed by atoms with Crippen LogP contribution in [0.2, 0.25) is 0 Å². The van der Waals surface area contributed by atoms with Crippen LogP contribution in [0.3, 0.4) is 0 Å². The molecule has 0 unspecified atom stereocenters. The van der Waals surface area contributed by atoms with Crippen LogP contribution in [-0.4, -0.2) is 68.1 Å². The van der Waals surface area contributed by atoms with Gasteiger partial charge in [0.05, 0.1) is 6.61 Å². The molecule has 0 radical (unpaired) electrons. The summed E-state index contributed by atoms with van der Waals surface area (Å²) < 4.78 is 0. The van der Waals surface area contributed by atoms with Crippen molar-refractivity contribution in [3.63, 3.8) is 0 Å². The van der Waals surface area contributed by atoms with Gasteiger partial charge in [-0.15, -0.1) is 0 Å². The van der Waals surface area contributed by atoms with Crippen molar-refractivity contribution in [1.82, 2.24) is 0 Å². The topological polar surface area (TPSA) is 161 Å². The lowest BCUT2D eigenvalue weighted by Gasteiger charge is -2.24. The lowest BCUT2D eigenvalue weighted by atomic mass is 9.95. The highest BCUT2D eigenvalue weighted by Crippen LogP contribution is 2.14. The molecule has 0 fully saturated rings. The van der Waals surface area contributed by atoms with E-state index in [0.29, 0.717) is 0 Å². The Bertz CT molecular complexity index is 519. The van der Waals surface area contributed by atoms with E-state index in [0.717, 1.165) is 0 Å². The third kappa shape index (κ3) is 3.84. The van der Waals surface area contributed by atoms with Gasteiger partial charge >= 0.3 is 0 Å². The fourth-order valence-corrected chi connectivity index (χ4v) is 1.65. The Kier molecular flexibility index (Phi) is 5.94. The molecule has 0 spiro atoms. The molecule has 0 aliphatic rings. The third-order valence-corrected chi connectivity index (χ3v) is 2.95. The second kappa shape index (κ2) is 7.25. The molecule has 0 aliphatic heterocycles. The van der Waals surface area contributed by atoms with Crippen LogP contribution in [0.4, 0.5) is 5.69 Å². The van der Waals surface area contributed by atoms with Gasteiger partial charge in [-0.3, -0.25) is 9.59 Å². The highest BCUT2D eigenvalue weighted by Gasteiger charge is 2.37. The highest BCUT2D eigenvalue weighted by molar-refractivity contribution is 6.46. The average Bonchev–Trinajstić information content (AvgIpc) is 2.50. The number of nitrogens with two attached hydrogens (primary N) is 1. The molecule has 0 bridgehead atoms. The van der Waals surface area contributed by atoms with Crippen LogP contribution >= 0.6 is 0 Å². The van der Waals surface area contributed by atoms with Gasteiger partial charge in [-0.05, 0) is 12.1 Å². The summed E-state index contributed by atoms with van der Waals surface area (Å²) in [6.45, 7) is -0.890. The lowest BCUT2D eigenvalue weighted by Crippen LogP contribution is -2.50. The SMILES string of the molecule is Nc1ccccc1C(=O)C(=O)[C@H](O)[C@@H](O)[C@H](O)[C@H](O)CO. The number of benzene rings is 1. The minimum absolute atomic E-state index is 0.0217. The van der Waals surface area contributed by atoms with Crippen LogP contribution in [0, 0.1) is 0 Å². The van der Waals surface area contributed by atoms with Crippen LogP contribution in [0.25, 0.3) is 0 Å². The van der Waals surface area contributed by atoms with E-state index in [1.165, 1.54) is 18.2 Å². The molecular formula is C13H17NO7. The number of aliphatic hydroxyl groups excluding tert-OH is 5. The molecular weight excluding hydrogens is 282 g/mol. The molecule has 0 heterocycles. The fourth-order valence-electron chi connectivity index (χ4n) is 1.65. The number of Topliss-reactive ketones (excluding diaryl/α,β-unsaturated/α-hetero) is 2. The maximum Gasteiger partial charge on any atom is 0.234 e. The normalized spacial score (nSPS) is 16.8. The largest absolute Gasteiger partial charge is 0.398 e. The first-order chi connectivity index (χ1) is 9.81. The van der Waals surface area contributed by atoms with Crippen molar-refractivity contribution in [2.75, 3.05) is 12.3 Å². The Balaban J connectivity index is 2.88. The van der Waals surface area contributed by atoms with E-state index in [9.17, 15) is 24.9 Å². The van der Waals surface area contributed by atoms with Crippen LogP contribution in [-0.2, 0) is 4.79 Å². The van der Waals surface area contributed by atoms with E-state index in [4.69, 9.17) is 15.9 Å². The minimum atomic E-state index is -2.26. The number of nitrogen functional groups attached to an aromatic ring is 1. The van der Waals surface area contributed by atoms with Gasteiger partial charge in [0.1, 0.15) is 24.4 Å². The van der Waals surface area contributed by atoms with Gasteiger partial charge < -0.3 is 31.3 Å². The first kappa shape index (κ1) is 17.2. The van der Waals surface area contributed by atoms with E-state index in [1.54, 1.807) is 6.07 Å². The van der Waals surface area contributed by atoms with Gasteiger partial charge in [0.25, 0.3) is 0 Å². The minimum Gasteiger partial charge on any atom is -0.398 e. The zero-order valence-electron chi connectivity index (χ0n) is 11.0. The maximum absolute atomic E-state index is 11.9. The monoisotopic (exact) mass is 299 g/mol. The first-order valence-electron chi connectivity index (χ1n) is 6.07. The third-order valence-electron chi connectivity index (χ3n) is 2.95. The smallest absolute Gasteiger partial charge is 0.234 e. The molecule has 0 amide bonds. The quantitative estimate of drug-likeness (QED) is 0.182. The number of hydrogen-bond donors (Lipinski definition) is 6. The van der Waals surface area contributed by atoms with E-state index < -0.39 is 42.6 Å². The predicted octanol–water partition coefficient (Wildman–Crippen LogP) is -2.54. The molecule has 8 heteroatoms. The van der Waals surface area contributed by atoms with Crippen LogP contribution in [0.1, 0.15) is 10.4 Å². The van der Waals surface area contributed by atoms with Gasteiger partial charge in [-0.25, -0.2) is 0 Å². The molecule has 4 atom stereocenters. The Morgan fingerprint density at radius 3 is 2.14 bits per heavy atom. The predicted molar refractivity (Wildman–Crippen MR) is 71.3 cm³/mol. The van der Waals surface area contributed by atoms with Gasteiger partial charge in [-0.2, -0.15) is 0 Å². The van der Waals surface area contributed by atoms with Crippen molar-refractivity contribution in [3.05, 3.63) is 29.8 Å². The number of ketones is 2. The van der Waals surface area contributed by atoms with E-state index in [2.05, 4.69) is 0 Å². The average molecular weight is 299 g/mol. The number of carbonyl (C=O) groups is 2. The van der Waals surface area contributed by atoms with Gasteiger partial charge in [-0.1, -0.05) is 12.1 Å². The van der Waals surface area contributed by atoms with Gasteiger partial charge in [0.15, 0.2) is 0 Å². The Hall–Kier alpha value is -1.84. The van der Waals surface area contributed by atoms with Crippen LogP contribution in [0.15, 0.2) is 24.3 Å².